The highest BCUT2D eigenvalue weighted by atomic mass is 32.1. The lowest BCUT2D eigenvalue weighted by molar-refractivity contribution is 1.08. The fraction of sp³-hybridized carbons (Fsp3) is 0. The van der Waals surface area contributed by atoms with Crippen LogP contribution in [0.15, 0.2) is 24.3 Å². The van der Waals surface area contributed by atoms with Gasteiger partial charge in [-0.15, -0.1) is 5.10 Å². The minimum absolute atomic E-state index is 0.582. The van der Waals surface area contributed by atoms with Gasteiger partial charge in [-0.25, -0.2) is 0 Å². The Balaban J connectivity index is 2.32. The van der Waals surface area contributed by atoms with E-state index < -0.39 is 0 Å². The summed E-state index contributed by atoms with van der Waals surface area (Å²) in [6.07, 6.45) is 0. The molecule has 0 saturated carbocycles. The number of nitrogens with zero attached hydrogens (tertiary/aromatic N) is 2. The second kappa shape index (κ2) is 4.21. The Kier molecular flexibility index (Phi) is 2.76. The van der Waals surface area contributed by atoms with E-state index in [-0.39, 0.29) is 0 Å². The van der Waals surface area contributed by atoms with Gasteiger partial charge in [-0.1, -0.05) is 23.5 Å². The molecule has 0 aliphatic rings. The van der Waals surface area contributed by atoms with Crippen LogP contribution in [0.25, 0.3) is 0 Å². The summed E-state index contributed by atoms with van der Waals surface area (Å²) in [7, 11) is 0. The van der Waals surface area contributed by atoms with Gasteiger partial charge in [0.25, 0.3) is 0 Å². The van der Waals surface area contributed by atoms with Gasteiger partial charge in [-0.3, -0.25) is 5.10 Å². The molecule has 0 radical (unpaired) electrons. The Morgan fingerprint density at radius 3 is 2.93 bits per heavy atom. The van der Waals surface area contributed by atoms with E-state index in [1.54, 1.807) is 6.07 Å². The molecule has 0 unspecified atom stereocenters. The van der Waals surface area contributed by atoms with E-state index >= 15 is 0 Å². The lowest BCUT2D eigenvalue weighted by Gasteiger charge is -2.02. The molecular weight excluding hydrogens is 228 g/mol. The molecule has 0 spiro atoms. The van der Waals surface area contributed by atoms with Gasteiger partial charge in [0, 0.05) is 0 Å². The van der Waals surface area contributed by atoms with Crippen LogP contribution in [0.4, 0.5) is 10.8 Å². The number of para-hydroxylation sites is 1. The molecule has 1 aromatic carbocycles. The standard InChI is InChI=1S/C9H6N4S2/c10-5-6-3-1-2-4-7(6)11-8-12-13-9(14)15-8/h1-4H,(H,11,12)(H,13,14). The molecule has 15 heavy (non-hydrogen) atoms. The fourth-order valence-corrected chi connectivity index (χ4v) is 1.89. The number of hydrogen-bond donors (Lipinski definition) is 2. The summed E-state index contributed by atoms with van der Waals surface area (Å²) in [5.41, 5.74) is 1.32. The monoisotopic (exact) mass is 234 g/mol. The summed E-state index contributed by atoms with van der Waals surface area (Å²) in [4.78, 5) is 0. The molecule has 6 heteroatoms. The number of H-pyrrole nitrogens is 1. The highest BCUT2D eigenvalue weighted by Gasteiger charge is 2.02. The van der Waals surface area contributed by atoms with Crippen molar-refractivity contribution in [3.8, 4) is 6.07 Å². The first-order valence-corrected chi connectivity index (χ1v) is 5.34. The van der Waals surface area contributed by atoms with Crippen molar-refractivity contribution in [1.82, 2.24) is 10.2 Å². The van der Waals surface area contributed by atoms with Crippen molar-refractivity contribution in [2.45, 2.75) is 0 Å². The van der Waals surface area contributed by atoms with E-state index in [1.165, 1.54) is 11.3 Å². The van der Waals surface area contributed by atoms with Crippen LogP contribution >= 0.6 is 23.6 Å². The van der Waals surface area contributed by atoms with Crippen LogP contribution in [0.5, 0.6) is 0 Å². The molecule has 1 heterocycles. The predicted octanol–water partition coefficient (Wildman–Crippen LogP) is 2.82. The molecule has 0 fully saturated rings. The van der Waals surface area contributed by atoms with Crippen molar-refractivity contribution in [2.75, 3.05) is 5.32 Å². The van der Waals surface area contributed by atoms with Crippen LogP contribution in [-0.2, 0) is 0 Å². The number of benzene rings is 1. The van der Waals surface area contributed by atoms with E-state index in [4.69, 9.17) is 17.5 Å². The van der Waals surface area contributed by atoms with Crippen molar-refractivity contribution >= 4 is 34.4 Å². The number of nitrogens with one attached hydrogen (secondary N) is 2. The SMILES string of the molecule is N#Cc1ccccc1Nc1n[nH]c(=S)s1. The number of rotatable bonds is 2. The molecule has 0 aliphatic carbocycles. The Labute approximate surface area is 95.2 Å². The van der Waals surface area contributed by atoms with Crippen LogP contribution in [0.1, 0.15) is 5.56 Å². The largest absolute Gasteiger partial charge is 0.329 e. The molecular formula is C9H6N4S2. The first kappa shape index (κ1) is 9.83. The first-order valence-electron chi connectivity index (χ1n) is 4.11. The molecule has 0 aliphatic heterocycles. The van der Waals surface area contributed by atoms with Gasteiger partial charge in [-0.2, -0.15) is 5.26 Å². The third kappa shape index (κ3) is 2.21. The number of anilines is 2. The highest BCUT2D eigenvalue weighted by molar-refractivity contribution is 7.73. The van der Waals surface area contributed by atoms with Crippen LogP contribution in [-0.4, -0.2) is 10.2 Å². The van der Waals surface area contributed by atoms with Crippen molar-refractivity contribution < 1.29 is 0 Å². The average molecular weight is 234 g/mol. The Morgan fingerprint density at radius 1 is 1.47 bits per heavy atom. The van der Waals surface area contributed by atoms with Crippen LogP contribution in [0.3, 0.4) is 0 Å². The van der Waals surface area contributed by atoms with Crippen LogP contribution < -0.4 is 5.32 Å². The summed E-state index contributed by atoms with van der Waals surface area (Å²) < 4.78 is 0.604. The Morgan fingerprint density at radius 2 is 2.27 bits per heavy atom. The molecule has 0 atom stereocenters. The second-order valence-electron chi connectivity index (χ2n) is 2.70. The zero-order valence-corrected chi connectivity index (χ0v) is 9.15. The minimum atomic E-state index is 0.582. The van der Waals surface area contributed by atoms with Gasteiger partial charge in [0.05, 0.1) is 11.3 Å². The zero-order chi connectivity index (χ0) is 10.7. The topological polar surface area (TPSA) is 64.5 Å². The summed E-state index contributed by atoms with van der Waals surface area (Å²) in [6.45, 7) is 0. The maximum absolute atomic E-state index is 8.87. The van der Waals surface area contributed by atoms with Crippen molar-refractivity contribution in [2.24, 2.45) is 0 Å². The first-order chi connectivity index (χ1) is 7.29. The van der Waals surface area contributed by atoms with Gasteiger partial charge in [0.15, 0.2) is 3.95 Å². The lowest BCUT2D eigenvalue weighted by atomic mass is 10.2. The summed E-state index contributed by atoms with van der Waals surface area (Å²) >= 11 is 6.24. The van der Waals surface area contributed by atoms with Crippen molar-refractivity contribution in [1.29, 1.82) is 5.26 Å². The molecule has 74 valence electrons. The van der Waals surface area contributed by atoms with Crippen LogP contribution in [0, 0.1) is 15.3 Å². The van der Waals surface area contributed by atoms with E-state index in [1.807, 2.05) is 18.2 Å². The van der Waals surface area contributed by atoms with Gasteiger partial charge >= 0.3 is 0 Å². The number of hydrogen-bond acceptors (Lipinski definition) is 5. The van der Waals surface area contributed by atoms with Gasteiger partial charge in [-0.05, 0) is 24.4 Å². The smallest absolute Gasteiger partial charge is 0.208 e. The number of aromatic amines is 1. The molecule has 0 amide bonds. The van der Waals surface area contributed by atoms with Gasteiger partial charge in [0.2, 0.25) is 5.13 Å². The van der Waals surface area contributed by atoms with E-state index in [9.17, 15) is 0 Å². The molecule has 2 aromatic rings. The summed E-state index contributed by atoms with van der Waals surface area (Å²) in [5, 5.41) is 19.2. The van der Waals surface area contributed by atoms with Gasteiger partial charge < -0.3 is 5.32 Å². The van der Waals surface area contributed by atoms with Crippen molar-refractivity contribution in [3.05, 3.63) is 33.8 Å². The third-order valence-corrected chi connectivity index (χ3v) is 2.73. The fourth-order valence-electron chi connectivity index (χ4n) is 1.09. The van der Waals surface area contributed by atoms with E-state index in [0.29, 0.717) is 14.6 Å². The quantitative estimate of drug-likeness (QED) is 0.784. The van der Waals surface area contributed by atoms with E-state index in [2.05, 4.69) is 21.6 Å². The lowest BCUT2D eigenvalue weighted by Crippen LogP contribution is -1.92. The zero-order valence-electron chi connectivity index (χ0n) is 7.52. The molecule has 2 rings (SSSR count). The summed E-state index contributed by atoms with van der Waals surface area (Å²) in [5.74, 6) is 0. The van der Waals surface area contributed by atoms with Crippen molar-refractivity contribution in [3.63, 3.8) is 0 Å². The molecule has 0 bridgehead atoms. The summed E-state index contributed by atoms with van der Waals surface area (Å²) in [6, 6.07) is 9.34. The maximum atomic E-state index is 8.87. The van der Waals surface area contributed by atoms with E-state index in [0.717, 1.165) is 5.69 Å². The minimum Gasteiger partial charge on any atom is -0.329 e. The number of nitriles is 1. The Hall–Kier alpha value is -1.71. The van der Waals surface area contributed by atoms with Crippen LogP contribution in [0.2, 0.25) is 0 Å². The number of aromatic nitrogens is 2. The van der Waals surface area contributed by atoms with Gasteiger partial charge in [0.1, 0.15) is 6.07 Å². The second-order valence-corrected chi connectivity index (χ2v) is 4.37. The normalized spacial score (nSPS) is 9.53. The Bertz CT molecular complexity index is 564. The predicted molar refractivity (Wildman–Crippen MR) is 61.7 cm³/mol. The average Bonchev–Trinajstić information content (AvgIpc) is 2.65. The molecule has 1 aromatic heterocycles. The molecule has 4 nitrogen and oxygen atoms in total. The third-order valence-electron chi connectivity index (χ3n) is 1.73. The maximum Gasteiger partial charge on any atom is 0.208 e. The molecule has 0 saturated heterocycles. The highest BCUT2D eigenvalue weighted by Crippen LogP contribution is 2.21. The molecule has 2 N–H and O–H groups in total.